The highest BCUT2D eigenvalue weighted by molar-refractivity contribution is 7.16. The smallest absolute Gasteiger partial charge is 0.326 e. The van der Waals surface area contributed by atoms with E-state index in [1.54, 1.807) is 19.9 Å². The zero-order valence-corrected chi connectivity index (χ0v) is 22.3. The lowest BCUT2D eigenvalue weighted by Gasteiger charge is -2.22. The number of thiophene rings is 1. The first-order chi connectivity index (χ1) is 17.0. The Kier molecular flexibility index (Phi) is 7.69. The highest BCUT2D eigenvalue weighted by Gasteiger charge is 2.46. The van der Waals surface area contributed by atoms with Crippen LogP contribution in [-0.4, -0.2) is 87.0 Å². The molecule has 0 aromatic carbocycles. The first-order valence-corrected chi connectivity index (χ1v) is 13.0. The van der Waals surface area contributed by atoms with Crippen molar-refractivity contribution in [2.24, 2.45) is 11.3 Å². The van der Waals surface area contributed by atoms with E-state index in [4.69, 9.17) is 16.3 Å². The van der Waals surface area contributed by atoms with Crippen LogP contribution >= 0.6 is 22.9 Å². The van der Waals surface area contributed by atoms with E-state index in [9.17, 15) is 19.5 Å². The van der Waals surface area contributed by atoms with Gasteiger partial charge < -0.3 is 20.1 Å². The lowest BCUT2D eigenvalue weighted by atomic mass is 9.94. The van der Waals surface area contributed by atoms with Gasteiger partial charge in [-0.05, 0) is 38.3 Å². The maximum Gasteiger partial charge on any atom is 0.326 e. The van der Waals surface area contributed by atoms with E-state index in [0.717, 1.165) is 4.88 Å². The zero-order valence-electron chi connectivity index (χ0n) is 20.7. The number of β-amino-alcohol motifs (C(OH)–C–C–N with tert-alkyl or cyclic N) is 1. The number of rotatable bonds is 7. The molecule has 13 heteroatoms. The van der Waals surface area contributed by atoms with Gasteiger partial charge in [0.2, 0.25) is 11.9 Å². The summed E-state index contributed by atoms with van der Waals surface area (Å²) in [6, 6.07) is 3.24. The molecule has 11 nitrogen and oxygen atoms in total. The maximum absolute atomic E-state index is 13.4. The molecular weight excluding hydrogens is 508 g/mol. The molecule has 2 saturated heterocycles. The summed E-state index contributed by atoms with van der Waals surface area (Å²) in [5, 5.41) is 17.4. The molecule has 0 radical (unpaired) electrons. The number of hydrogen-bond donors (Lipinski definition) is 2. The molecule has 0 saturated carbocycles. The first-order valence-electron chi connectivity index (χ1n) is 11.8. The maximum atomic E-state index is 13.4. The molecular formula is C23H31ClN6O5S. The third-order valence-electron chi connectivity index (χ3n) is 6.46. The van der Waals surface area contributed by atoms with Gasteiger partial charge in [0.25, 0.3) is 5.91 Å². The fraction of sp³-hybridized carbons (Fsp3) is 0.609. The molecule has 196 valence electrons. The molecule has 3 amide bonds. The molecule has 2 fully saturated rings. The van der Waals surface area contributed by atoms with Gasteiger partial charge >= 0.3 is 6.03 Å². The van der Waals surface area contributed by atoms with E-state index in [0.29, 0.717) is 23.8 Å². The lowest BCUT2D eigenvalue weighted by molar-refractivity contribution is -0.127. The number of imide groups is 1. The molecule has 0 bridgehead atoms. The van der Waals surface area contributed by atoms with Gasteiger partial charge in [-0.3, -0.25) is 14.5 Å². The van der Waals surface area contributed by atoms with Gasteiger partial charge in [-0.25, -0.2) is 4.79 Å². The molecule has 2 aliphatic rings. The van der Waals surface area contributed by atoms with Gasteiger partial charge in [-0.15, -0.1) is 16.4 Å². The normalized spacial score (nSPS) is 22.5. The topological polar surface area (TPSA) is 130 Å². The van der Waals surface area contributed by atoms with E-state index in [1.165, 1.54) is 32.9 Å². The Bertz CT molecular complexity index is 1150. The number of nitrogens with zero attached hydrogens (tertiary/aromatic N) is 5. The molecule has 3 atom stereocenters. The number of carbonyl (C=O) groups is 3. The van der Waals surface area contributed by atoms with E-state index in [-0.39, 0.29) is 43.3 Å². The second kappa shape index (κ2) is 10.4. The molecule has 2 aromatic rings. The minimum Gasteiger partial charge on any atom is -0.391 e. The quantitative estimate of drug-likeness (QED) is 0.550. The van der Waals surface area contributed by atoms with Crippen molar-refractivity contribution in [1.29, 1.82) is 0 Å². The monoisotopic (exact) mass is 538 g/mol. The van der Waals surface area contributed by atoms with Crippen LogP contribution in [0.25, 0.3) is 0 Å². The lowest BCUT2D eigenvalue weighted by Crippen LogP contribution is -2.43. The number of aliphatic hydroxyl groups is 1. The summed E-state index contributed by atoms with van der Waals surface area (Å²) >= 11 is 7.44. The van der Waals surface area contributed by atoms with E-state index >= 15 is 0 Å². The van der Waals surface area contributed by atoms with Crippen LogP contribution < -0.4 is 5.32 Å². The van der Waals surface area contributed by atoms with Crippen molar-refractivity contribution in [3.05, 3.63) is 27.2 Å². The van der Waals surface area contributed by atoms with Crippen LogP contribution in [0, 0.1) is 11.3 Å². The number of nitrogens with one attached hydrogen (secondary N) is 1. The molecule has 3 unspecified atom stereocenters. The number of carbonyl (C=O) groups excluding carboxylic acids is 3. The Morgan fingerprint density at radius 3 is 2.69 bits per heavy atom. The number of amides is 3. The van der Waals surface area contributed by atoms with Gasteiger partial charge in [0.1, 0.15) is 5.92 Å². The van der Waals surface area contributed by atoms with Crippen molar-refractivity contribution in [3.8, 4) is 0 Å². The predicted octanol–water partition coefficient (Wildman–Crippen LogP) is 2.67. The Hall–Kier alpha value is -2.54. The number of hydrogen-bond acceptors (Lipinski definition) is 9. The summed E-state index contributed by atoms with van der Waals surface area (Å²) < 4.78 is 7.05. The number of aromatic nitrogens is 3. The standard InChI is InChI=1S/C23H31ClN6O5S/c1-13-10-29(22(34)28-8-7-14(31)11-28)19(32)17(13)18-26-21(25-9-15-5-6-16(24)36-15)30(27-18)20(33)23(2,3)12-35-4/h5-6,13-14,17,31H,7-12H2,1-4H3,(H,25,26,27). The highest BCUT2D eigenvalue weighted by Crippen LogP contribution is 2.34. The van der Waals surface area contributed by atoms with Crippen LogP contribution in [0.5, 0.6) is 0 Å². The molecule has 36 heavy (non-hydrogen) atoms. The van der Waals surface area contributed by atoms with Gasteiger partial charge in [0.05, 0.1) is 29.0 Å². The average Bonchev–Trinajstić information content (AvgIpc) is 3.59. The first kappa shape index (κ1) is 26.5. The summed E-state index contributed by atoms with van der Waals surface area (Å²) in [6.45, 7) is 6.70. The highest BCUT2D eigenvalue weighted by atomic mass is 35.5. The van der Waals surface area contributed by atoms with Gasteiger partial charge in [-0.2, -0.15) is 9.67 Å². The second-order valence-electron chi connectivity index (χ2n) is 9.96. The van der Waals surface area contributed by atoms with Crippen molar-refractivity contribution in [1.82, 2.24) is 24.6 Å². The Morgan fingerprint density at radius 2 is 2.08 bits per heavy atom. The molecule has 2 N–H and O–H groups in total. The Morgan fingerprint density at radius 1 is 1.33 bits per heavy atom. The van der Waals surface area contributed by atoms with Crippen LogP contribution in [-0.2, 0) is 16.1 Å². The number of methoxy groups -OCH3 is 1. The van der Waals surface area contributed by atoms with Gasteiger partial charge in [-0.1, -0.05) is 18.5 Å². The van der Waals surface area contributed by atoms with Gasteiger partial charge in [0.15, 0.2) is 5.82 Å². The van der Waals surface area contributed by atoms with Crippen LogP contribution in [0.1, 0.15) is 48.6 Å². The third-order valence-corrected chi connectivity index (χ3v) is 7.70. The van der Waals surface area contributed by atoms with Crippen molar-refractivity contribution in [3.63, 3.8) is 0 Å². The average molecular weight is 539 g/mol. The number of aliphatic hydroxyl groups excluding tert-OH is 1. The largest absolute Gasteiger partial charge is 0.391 e. The minimum atomic E-state index is -0.897. The Balaban J connectivity index is 1.61. The number of likely N-dealkylation sites (tertiary alicyclic amines) is 2. The van der Waals surface area contributed by atoms with Gasteiger partial charge in [0, 0.05) is 31.6 Å². The number of urea groups is 1. The van der Waals surface area contributed by atoms with E-state index < -0.39 is 29.4 Å². The van der Waals surface area contributed by atoms with Crippen molar-refractivity contribution in [2.45, 2.75) is 45.8 Å². The summed E-state index contributed by atoms with van der Waals surface area (Å²) in [6.07, 6.45) is -0.0895. The summed E-state index contributed by atoms with van der Waals surface area (Å²) in [7, 11) is 1.52. The fourth-order valence-corrected chi connectivity index (χ4v) is 5.58. The fourth-order valence-electron chi connectivity index (χ4n) is 4.56. The van der Waals surface area contributed by atoms with E-state index in [2.05, 4.69) is 15.4 Å². The van der Waals surface area contributed by atoms with Crippen molar-refractivity contribution in [2.75, 3.05) is 38.7 Å². The molecule has 2 aromatic heterocycles. The SMILES string of the molecule is COCC(C)(C)C(=O)n1nc(C2C(=O)N(C(=O)N3CCC(O)C3)CC2C)nc1NCc1ccc(Cl)s1. The van der Waals surface area contributed by atoms with Crippen molar-refractivity contribution >= 4 is 46.7 Å². The summed E-state index contributed by atoms with van der Waals surface area (Å²) in [5.41, 5.74) is -0.897. The molecule has 2 aliphatic heterocycles. The minimum absolute atomic E-state index is 0.170. The molecule has 0 aliphatic carbocycles. The van der Waals surface area contributed by atoms with Crippen LogP contribution in [0.2, 0.25) is 4.34 Å². The zero-order chi connectivity index (χ0) is 26.2. The predicted molar refractivity (Wildman–Crippen MR) is 134 cm³/mol. The summed E-state index contributed by atoms with van der Waals surface area (Å²) in [5.74, 6) is -1.40. The molecule has 0 spiro atoms. The molecule has 4 rings (SSSR count). The van der Waals surface area contributed by atoms with Crippen LogP contribution in [0.4, 0.5) is 10.7 Å². The number of halogens is 1. The molecule has 4 heterocycles. The number of anilines is 1. The Labute approximate surface area is 218 Å². The second-order valence-corrected chi connectivity index (χ2v) is 11.8. The van der Waals surface area contributed by atoms with Crippen LogP contribution in [0.3, 0.4) is 0 Å². The van der Waals surface area contributed by atoms with Crippen molar-refractivity contribution < 1.29 is 24.2 Å². The summed E-state index contributed by atoms with van der Waals surface area (Å²) in [4.78, 5) is 47.9. The third kappa shape index (κ3) is 5.26. The van der Waals surface area contributed by atoms with E-state index in [1.807, 2.05) is 13.0 Å². The van der Waals surface area contributed by atoms with Crippen LogP contribution in [0.15, 0.2) is 12.1 Å². The number of ether oxygens (including phenoxy) is 1.